The number of nitrogens with one attached hydrogen (secondary N) is 1. The summed E-state index contributed by atoms with van der Waals surface area (Å²) in [4.78, 5) is 5.45. The molecule has 0 atom stereocenters. The molecule has 1 aromatic heterocycles. The predicted molar refractivity (Wildman–Crippen MR) is 75.7 cm³/mol. The van der Waals surface area contributed by atoms with E-state index in [9.17, 15) is 17.2 Å². The second-order valence-electron chi connectivity index (χ2n) is 4.48. The van der Waals surface area contributed by atoms with E-state index in [0.29, 0.717) is 11.9 Å². The molecule has 0 radical (unpaired) electrons. The van der Waals surface area contributed by atoms with Gasteiger partial charge in [-0.05, 0) is 30.3 Å². The van der Waals surface area contributed by atoms with Crippen LogP contribution in [0.1, 0.15) is 0 Å². The molecule has 0 amide bonds. The van der Waals surface area contributed by atoms with Crippen LogP contribution in [-0.2, 0) is 10.0 Å². The van der Waals surface area contributed by atoms with Crippen LogP contribution in [0.15, 0.2) is 41.4 Å². The zero-order valence-corrected chi connectivity index (χ0v) is 12.2. The van der Waals surface area contributed by atoms with E-state index in [1.807, 2.05) is 0 Å². The Kier molecular flexibility index (Phi) is 4.08. The van der Waals surface area contributed by atoms with Gasteiger partial charge in [-0.15, -0.1) is 0 Å². The van der Waals surface area contributed by atoms with Gasteiger partial charge >= 0.3 is 0 Å². The Bertz CT molecular complexity index is 747. The number of pyridine rings is 1. The number of nitrogens with zero attached hydrogens (tertiary/aromatic N) is 2. The van der Waals surface area contributed by atoms with Crippen molar-refractivity contribution in [2.24, 2.45) is 0 Å². The van der Waals surface area contributed by atoms with Gasteiger partial charge in [0.25, 0.3) is 10.0 Å². The molecule has 1 heterocycles. The third-order valence-electron chi connectivity index (χ3n) is 2.66. The Hall–Kier alpha value is -2.22. The third-order valence-corrected chi connectivity index (χ3v) is 4.04. The number of hydrogen-bond donors (Lipinski definition) is 1. The lowest BCUT2D eigenvalue weighted by Gasteiger charge is -2.12. The van der Waals surface area contributed by atoms with Gasteiger partial charge in [0, 0.05) is 14.1 Å². The monoisotopic (exact) mass is 313 g/mol. The van der Waals surface area contributed by atoms with Gasteiger partial charge in [-0.3, -0.25) is 4.72 Å². The van der Waals surface area contributed by atoms with E-state index in [-0.39, 0.29) is 10.6 Å². The van der Waals surface area contributed by atoms with E-state index >= 15 is 0 Å². The zero-order valence-electron chi connectivity index (χ0n) is 11.3. The number of benzene rings is 1. The van der Waals surface area contributed by atoms with Crippen molar-refractivity contribution < 1.29 is 17.2 Å². The molecule has 0 bridgehead atoms. The Morgan fingerprint density at radius 3 is 2.33 bits per heavy atom. The standard InChI is InChI=1S/C13H13F2N3O2S/c1-18(2)13-6-3-9(8-16-13)17-21(19,20)10-4-5-11(14)12(15)7-10/h3-8,17H,1-2H3. The summed E-state index contributed by atoms with van der Waals surface area (Å²) in [5, 5.41) is 0. The largest absolute Gasteiger partial charge is 0.363 e. The smallest absolute Gasteiger partial charge is 0.262 e. The van der Waals surface area contributed by atoms with Crippen molar-refractivity contribution in [3.63, 3.8) is 0 Å². The minimum atomic E-state index is -4.00. The van der Waals surface area contributed by atoms with Crippen LogP contribution in [0.5, 0.6) is 0 Å². The van der Waals surface area contributed by atoms with E-state index in [2.05, 4.69) is 9.71 Å². The molecule has 21 heavy (non-hydrogen) atoms. The molecular weight excluding hydrogens is 300 g/mol. The van der Waals surface area contributed by atoms with Crippen molar-refractivity contribution in [3.8, 4) is 0 Å². The van der Waals surface area contributed by atoms with Gasteiger partial charge in [0.05, 0.1) is 16.8 Å². The maximum Gasteiger partial charge on any atom is 0.262 e. The average molecular weight is 313 g/mol. The molecule has 0 saturated carbocycles. The fourth-order valence-electron chi connectivity index (χ4n) is 1.57. The molecule has 0 fully saturated rings. The molecule has 112 valence electrons. The third kappa shape index (κ3) is 3.46. The van der Waals surface area contributed by atoms with E-state index in [4.69, 9.17) is 0 Å². The summed E-state index contributed by atoms with van der Waals surface area (Å²) >= 11 is 0. The Balaban J connectivity index is 2.26. The maximum atomic E-state index is 13.1. The fraction of sp³-hybridized carbons (Fsp3) is 0.154. The van der Waals surface area contributed by atoms with Crippen LogP contribution in [0.25, 0.3) is 0 Å². The van der Waals surface area contributed by atoms with Crippen molar-refractivity contribution in [2.45, 2.75) is 4.90 Å². The summed E-state index contributed by atoms with van der Waals surface area (Å²) in [6.45, 7) is 0. The second kappa shape index (κ2) is 5.65. The minimum absolute atomic E-state index is 0.227. The van der Waals surface area contributed by atoms with E-state index in [1.165, 1.54) is 12.3 Å². The summed E-state index contributed by atoms with van der Waals surface area (Å²) in [5.41, 5.74) is 0.227. The first kappa shape index (κ1) is 15.2. The number of hydrogen-bond acceptors (Lipinski definition) is 4. The molecule has 0 aliphatic rings. The van der Waals surface area contributed by atoms with Crippen molar-refractivity contribution in [2.75, 3.05) is 23.7 Å². The van der Waals surface area contributed by atoms with Crippen LogP contribution in [0, 0.1) is 11.6 Å². The first-order chi connectivity index (χ1) is 9.79. The molecular formula is C13H13F2N3O2S. The van der Waals surface area contributed by atoms with E-state index < -0.39 is 21.7 Å². The molecule has 5 nitrogen and oxygen atoms in total. The number of halogens is 2. The maximum absolute atomic E-state index is 13.1. The van der Waals surface area contributed by atoms with E-state index in [0.717, 1.165) is 12.1 Å². The summed E-state index contributed by atoms with van der Waals surface area (Å²) in [7, 11) is -0.398. The number of rotatable bonds is 4. The second-order valence-corrected chi connectivity index (χ2v) is 6.16. The minimum Gasteiger partial charge on any atom is -0.363 e. The van der Waals surface area contributed by atoms with Gasteiger partial charge in [0.2, 0.25) is 0 Å². The van der Waals surface area contributed by atoms with Crippen molar-refractivity contribution >= 4 is 21.5 Å². The highest BCUT2D eigenvalue weighted by Crippen LogP contribution is 2.19. The molecule has 1 aromatic carbocycles. The highest BCUT2D eigenvalue weighted by Gasteiger charge is 2.16. The number of anilines is 2. The topological polar surface area (TPSA) is 62.3 Å². The van der Waals surface area contributed by atoms with Gasteiger partial charge in [-0.25, -0.2) is 22.2 Å². The van der Waals surface area contributed by atoms with Crippen LogP contribution in [0.3, 0.4) is 0 Å². The summed E-state index contributed by atoms with van der Waals surface area (Å²) in [6, 6.07) is 5.53. The van der Waals surface area contributed by atoms with Crippen LogP contribution in [0.4, 0.5) is 20.3 Å². The molecule has 8 heteroatoms. The van der Waals surface area contributed by atoms with Crippen LogP contribution in [0.2, 0.25) is 0 Å². The van der Waals surface area contributed by atoms with Gasteiger partial charge < -0.3 is 4.90 Å². The lowest BCUT2D eigenvalue weighted by Crippen LogP contribution is -2.14. The molecule has 0 saturated heterocycles. The van der Waals surface area contributed by atoms with Gasteiger partial charge in [-0.1, -0.05) is 0 Å². The van der Waals surface area contributed by atoms with Crippen LogP contribution < -0.4 is 9.62 Å². The lowest BCUT2D eigenvalue weighted by atomic mass is 10.3. The highest BCUT2D eigenvalue weighted by molar-refractivity contribution is 7.92. The predicted octanol–water partition coefficient (Wildman–Crippen LogP) is 2.23. The lowest BCUT2D eigenvalue weighted by molar-refractivity contribution is 0.504. The highest BCUT2D eigenvalue weighted by atomic mass is 32.2. The first-order valence-electron chi connectivity index (χ1n) is 5.91. The fourth-order valence-corrected chi connectivity index (χ4v) is 2.62. The Morgan fingerprint density at radius 1 is 1.10 bits per heavy atom. The molecule has 0 aliphatic carbocycles. The molecule has 2 rings (SSSR count). The quantitative estimate of drug-likeness (QED) is 0.940. The van der Waals surface area contributed by atoms with Gasteiger partial charge in [0.1, 0.15) is 5.82 Å². The number of sulfonamides is 1. The molecule has 0 spiro atoms. The molecule has 0 aliphatic heterocycles. The Morgan fingerprint density at radius 2 is 1.81 bits per heavy atom. The van der Waals surface area contributed by atoms with Crippen molar-refractivity contribution in [1.82, 2.24) is 4.98 Å². The summed E-state index contributed by atoms with van der Waals surface area (Å²) < 4.78 is 52.3. The number of aromatic nitrogens is 1. The SMILES string of the molecule is CN(C)c1ccc(NS(=O)(=O)c2ccc(F)c(F)c2)cn1. The van der Waals surface area contributed by atoms with Crippen molar-refractivity contribution in [1.29, 1.82) is 0 Å². The van der Waals surface area contributed by atoms with Gasteiger partial charge in [-0.2, -0.15) is 0 Å². The Labute approximate surface area is 121 Å². The van der Waals surface area contributed by atoms with Gasteiger partial charge in [0.15, 0.2) is 11.6 Å². The summed E-state index contributed by atoms with van der Waals surface area (Å²) in [6.07, 6.45) is 1.34. The zero-order chi connectivity index (χ0) is 15.6. The summed E-state index contributed by atoms with van der Waals surface area (Å²) in [5.74, 6) is -1.67. The molecule has 1 N–H and O–H groups in total. The molecule has 2 aromatic rings. The van der Waals surface area contributed by atoms with E-state index in [1.54, 1.807) is 25.1 Å². The van der Waals surface area contributed by atoms with Crippen LogP contribution in [-0.4, -0.2) is 27.5 Å². The average Bonchev–Trinajstić information content (AvgIpc) is 2.42. The molecule has 0 unspecified atom stereocenters. The normalized spacial score (nSPS) is 11.2. The van der Waals surface area contributed by atoms with Crippen molar-refractivity contribution in [3.05, 3.63) is 48.2 Å². The van der Waals surface area contributed by atoms with Crippen LogP contribution >= 0.6 is 0 Å². The first-order valence-corrected chi connectivity index (χ1v) is 7.39.